The molecule has 0 saturated heterocycles. The van der Waals surface area contributed by atoms with Gasteiger partial charge in [-0.3, -0.25) is 0 Å². The molecule has 1 aromatic rings. The fourth-order valence-electron chi connectivity index (χ4n) is 2.37. The van der Waals surface area contributed by atoms with Gasteiger partial charge in [-0.25, -0.2) is 9.38 Å². The zero-order chi connectivity index (χ0) is 17.8. The normalized spacial score (nSPS) is 11.0. The van der Waals surface area contributed by atoms with Crippen LogP contribution in [0.2, 0.25) is 0 Å². The lowest BCUT2D eigenvalue weighted by Gasteiger charge is -2.21. The Morgan fingerprint density at radius 3 is 2.44 bits per heavy atom. The van der Waals surface area contributed by atoms with Crippen molar-refractivity contribution in [1.29, 1.82) is 0 Å². The molecule has 0 aliphatic rings. The van der Waals surface area contributed by atoms with E-state index in [1.807, 2.05) is 44.7 Å². The van der Waals surface area contributed by atoms with E-state index in [-0.39, 0.29) is 29.8 Å². The Hall–Kier alpha value is -1.09. The van der Waals surface area contributed by atoms with Crippen molar-refractivity contribution < 1.29 is 9.13 Å². The predicted octanol–water partition coefficient (Wildman–Crippen LogP) is 3.38. The maximum Gasteiger partial charge on any atom is 0.191 e. The van der Waals surface area contributed by atoms with Crippen molar-refractivity contribution in [2.24, 2.45) is 4.99 Å². The van der Waals surface area contributed by atoms with Gasteiger partial charge in [0.2, 0.25) is 0 Å². The Morgan fingerprint density at radius 2 is 1.88 bits per heavy atom. The van der Waals surface area contributed by atoms with Crippen LogP contribution in [0.3, 0.4) is 0 Å². The number of halogens is 2. The largest absolute Gasteiger partial charge is 0.380 e. The molecule has 0 aromatic heterocycles. The first-order valence-electron chi connectivity index (χ1n) is 8.79. The number of ether oxygens (including phenoxy) is 1. The summed E-state index contributed by atoms with van der Waals surface area (Å²) in [5.74, 6) is 0.520. The molecular weight excluding hydrogens is 434 g/mol. The van der Waals surface area contributed by atoms with E-state index in [0.717, 1.165) is 25.2 Å². The topological polar surface area (TPSA) is 48.9 Å². The lowest BCUT2D eigenvalue weighted by molar-refractivity contribution is 0.152. The van der Waals surface area contributed by atoms with Crippen molar-refractivity contribution in [2.45, 2.75) is 34.2 Å². The molecule has 0 heterocycles. The summed E-state index contributed by atoms with van der Waals surface area (Å²) < 4.78 is 19.6. The lowest BCUT2D eigenvalue weighted by Crippen LogP contribution is -2.39. The highest BCUT2D eigenvalue weighted by Crippen LogP contribution is 2.20. The van der Waals surface area contributed by atoms with E-state index >= 15 is 0 Å². The average Bonchev–Trinajstić information content (AvgIpc) is 2.59. The van der Waals surface area contributed by atoms with Gasteiger partial charge in [0.15, 0.2) is 5.96 Å². The number of aliphatic imine (C=N–C) groups is 1. The van der Waals surface area contributed by atoms with Crippen LogP contribution in [0.4, 0.5) is 10.1 Å². The quantitative estimate of drug-likeness (QED) is 0.240. The van der Waals surface area contributed by atoms with E-state index in [4.69, 9.17) is 4.74 Å². The number of nitrogens with zero attached hydrogens (tertiary/aromatic N) is 2. The molecule has 0 atom stereocenters. The van der Waals surface area contributed by atoms with Gasteiger partial charge in [0.25, 0.3) is 0 Å². The molecule has 0 aliphatic heterocycles. The van der Waals surface area contributed by atoms with Crippen molar-refractivity contribution in [3.63, 3.8) is 0 Å². The molecule has 1 rings (SSSR count). The van der Waals surface area contributed by atoms with Gasteiger partial charge in [0.05, 0.1) is 18.8 Å². The molecule has 0 saturated carbocycles. The van der Waals surface area contributed by atoms with Gasteiger partial charge in [-0.15, -0.1) is 24.0 Å². The van der Waals surface area contributed by atoms with Crippen LogP contribution in [0.5, 0.6) is 0 Å². The second kappa shape index (κ2) is 14.1. The van der Waals surface area contributed by atoms with E-state index in [1.54, 1.807) is 6.07 Å². The summed E-state index contributed by atoms with van der Waals surface area (Å²) in [7, 11) is 0. The van der Waals surface area contributed by atoms with E-state index in [2.05, 4.69) is 15.6 Å². The summed E-state index contributed by atoms with van der Waals surface area (Å²) in [6.45, 7) is 12.8. The molecular formula is C18H32FIN4O. The van der Waals surface area contributed by atoms with Crippen LogP contribution >= 0.6 is 24.0 Å². The van der Waals surface area contributed by atoms with E-state index in [0.29, 0.717) is 38.0 Å². The lowest BCUT2D eigenvalue weighted by atomic mass is 10.2. The van der Waals surface area contributed by atoms with Crippen LogP contribution in [0.1, 0.15) is 33.3 Å². The SMILES string of the molecule is CCNC(=NCc1ccc(N(CC)CC)c(F)c1)NCCOCC.I. The molecule has 7 heteroatoms. The van der Waals surface area contributed by atoms with Crippen molar-refractivity contribution in [3.05, 3.63) is 29.6 Å². The highest BCUT2D eigenvalue weighted by molar-refractivity contribution is 14.0. The number of guanidine groups is 1. The van der Waals surface area contributed by atoms with Crippen LogP contribution in [0, 0.1) is 5.82 Å². The predicted molar refractivity (Wildman–Crippen MR) is 115 cm³/mol. The molecule has 0 bridgehead atoms. The first-order chi connectivity index (χ1) is 11.7. The summed E-state index contributed by atoms with van der Waals surface area (Å²) >= 11 is 0. The molecule has 0 aliphatic carbocycles. The summed E-state index contributed by atoms with van der Waals surface area (Å²) in [4.78, 5) is 6.50. The van der Waals surface area contributed by atoms with Crippen LogP contribution in [-0.2, 0) is 11.3 Å². The third-order valence-electron chi connectivity index (χ3n) is 3.62. The first kappa shape index (κ1) is 23.9. The minimum atomic E-state index is -0.194. The molecule has 0 fully saturated rings. The van der Waals surface area contributed by atoms with Crippen LogP contribution < -0.4 is 15.5 Å². The standard InChI is InChI=1S/C18H31FN4O.HI/c1-5-20-18(21-11-12-24-8-4)22-14-15-9-10-17(16(19)13-15)23(6-2)7-3;/h9-10,13H,5-8,11-12,14H2,1-4H3,(H2,20,21,22);1H. The fraction of sp³-hybridized carbons (Fsp3) is 0.611. The molecule has 144 valence electrons. The summed E-state index contributed by atoms with van der Waals surface area (Å²) in [5.41, 5.74) is 1.50. The van der Waals surface area contributed by atoms with Gasteiger partial charge in [-0.05, 0) is 45.4 Å². The fourth-order valence-corrected chi connectivity index (χ4v) is 2.37. The Bertz CT molecular complexity index is 510. The maximum atomic E-state index is 14.3. The van der Waals surface area contributed by atoms with Gasteiger partial charge in [-0.1, -0.05) is 6.07 Å². The first-order valence-corrected chi connectivity index (χ1v) is 8.79. The Balaban J connectivity index is 0.00000576. The van der Waals surface area contributed by atoms with Gasteiger partial charge in [0, 0.05) is 32.8 Å². The minimum absolute atomic E-state index is 0. The Kier molecular flexibility index (Phi) is 13.5. The summed E-state index contributed by atoms with van der Waals surface area (Å²) in [5, 5.41) is 6.37. The highest BCUT2D eigenvalue weighted by Gasteiger charge is 2.09. The molecule has 25 heavy (non-hydrogen) atoms. The van der Waals surface area contributed by atoms with Gasteiger partial charge >= 0.3 is 0 Å². The zero-order valence-corrected chi connectivity index (χ0v) is 18.1. The van der Waals surface area contributed by atoms with E-state index < -0.39 is 0 Å². The molecule has 0 radical (unpaired) electrons. The van der Waals surface area contributed by atoms with Gasteiger partial charge in [0.1, 0.15) is 5.82 Å². The smallest absolute Gasteiger partial charge is 0.191 e. The number of anilines is 1. The zero-order valence-electron chi connectivity index (χ0n) is 15.8. The number of hydrogen-bond donors (Lipinski definition) is 2. The van der Waals surface area contributed by atoms with Crippen molar-refractivity contribution in [3.8, 4) is 0 Å². The second-order valence-corrected chi connectivity index (χ2v) is 5.28. The monoisotopic (exact) mass is 466 g/mol. The molecule has 0 amide bonds. The maximum absolute atomic E-state index is 14.3. The number of benzene rings is 1. The Labute approximate surface area is 168 Å². The van der Waals surface area contributed by atoms with Crippen LogP contribution in [0.25, 0.3) is 0 Å². The molecule has 1 aromatic carbocycles. The van der Waals surface area contributed by atoms with Gasteiger partial charge < -0.3 is 20.3 Å². The molecule has 0 spiro atoms. The third kappa shape index (κ3) is 8.71. The number of hydrogen-bond acceptors (Lipinski definition) is 3. The number of rotatable bonds is 10. The minimum Gasteiger partial charge on any atom is -0.380 e. The van der Waals surface area contributed by atoms with Crippen molar-refractivity contribution in [2.75, 3.05) is 44.3 Å². The van der Waals surface area contributed by atoms with Crippen LogP contribution in [-0.4, -0.2) is 45.4 Å². The Morgan fingerprint density at radius 1 is 1.16 bits per heavy atom. The second-order valence-electron chi connectivity index (χ2n) is 5.28. The summed E-state index contributed by atoms with van der Waals surface area (Å²) in [6, 6.07) is 5.34. The highest BCUT2D eigenvalue weighted by atomic mass is 127. The van der Waals surface area contributed by atoms with Crippen LogP contribution in [0.15, 0.2) is 23.2 Å². The van der Waals surface area contributed by atoms with E-state index in [9.17, 15) is 4.39 Å². The molecule has 0 unspecified atom stereocenters. The summed E-state index contributed by atoms with van der Waals surface area (Å²) in [6.07, 6.45) is 0. The van der Waals surface area contributed by atoms with Crippen molar-refractivity contribution >= 4 is 35.6 Å². The van der Waals surface area contributed by atoms with Gasteiger partial charge in [-0.2, -0.15) is 0 Å². The molecule has 2 N–H and O–H groups in total. The van der Waals surface area contributed by atoms with Crippen molar-refractivity contribution in [1.82, 2.24) is 10.6 Å². The molecule has 5 nitrogen and oxygen atoms in total. The average molecular weight is 466 g/mol. The number of nitrogens with one attached hydrogen (secondary N) is 2. The third-order valence-corrected chi connectivity index (χ3v) is 3.62. The van der Waals surface area contributed by atoms with E-state index in [1.165, 1.54) is 0 Å².